The normalized spacial score (nSPS) is 11.9. The third kappa shape index (κ3) is 9.34. The van der Waals surface area contributed by atoms with Gasteiger partial charge in [0.05, 0.1) is 17.2 Å². The van der Waals surface area contributed by atoms with Gasteiger partial charge in [0.15, 0.2) is 0 Å². The molecule has 1 N–H and O–H groups in total. The molecular weight excluding hydrogens is 622 g/mol. The lowest BCUT2D eigenvalue weighted by atomic mass is 10.0. The fraction of sp³-hybridized carbons (Fsp3) is 0.278. The van der Waals surface area contributed by atoms with Crippen molar-refractivity contribution >= 4 is 39.1 Å². The molecule has 0 aromatic heterocycles. The Morgan fingerprint density at radius 3 is 1.98 bits per heavy atom. The van der Waals surface area contributed by atoms with Crippen molar-refractivity contribution in [2.24, 2.45) is 5.92 Å². The monoisotopic (exact) mass is 661 g/mol. The van der Waals surface area contributed by atoms with Crippen LogP contribution in [0.25, 0.3) is 0 Å². The summed E-state index contributed by atoms with van der Waals surface area (Å²) in [5.41, 5.74) is 1.95. The number of anilines is 1. The van der Waals surface area contributed by atoms with Gasteiger partial charge in [0.25, 0.3) is 10.0 Å². The molecule has 0 saturated heterocycles. The van der Waals surface area contributed by atoms with Crippen molar-refractivity contribution in [3.05, 3.63) is 125 Å². The number of hydrogen-bond donors (Lipinski definition) is 1. The zero-order chi connectivity index (χ0) is 33.1. The zero-order valence-electron chi connectivity index (χ0n) is 26.3. The van der Waals surface area contributed by atoms with Gasteiger partial charge < -0.3 is 15.0 Å². The van der Waals surface area contributed by atoms with Crippen molar-refractivity contribution in [1.82, 2.24) is 10.2 Å². The number of nitrogens with one attached hydrogen (secondary N) is 1. The molecule has 0 spiro atoms. The predicted octanol–water partition coefficient (Wildman–Crippen LogP) is 6.35. The van der Waals surface area contributed by atoms with Crippen LogP contribution in [0, 0.1) is 5.92 Å². The largest absolute Gasteiger partial charge is 0.494 e. The maximum atomic E-state index is 14.5. The topological polar surface area (TPSA) is 96.0 Å². The van der Waals surface area contributed by atoms with Crippen LogP contribution in [0.1, 0.15) is 31.9 Å². The van der Waals surface area contributed by atoms with Crippen molar-refractivity contribution in [2.45, 2.75) is 44.7 Å². The molecule has 0 aliphatic heterocycles. The molecule has 0 radical (unpaired) electrons. The van der Waals surface area contributed by atoms with Crippen LogP contribution < -0.4 is 14.4 Å². The minimum Gasteiger partial charge on any atom is -0.494 e. The van der Waals surface area contributed by atoms with E-state index in [0.29, 0.717) is 23.9 Å². The number of ether oxygens (including phenoxy) is 1. The minimum atomic E-state index is -4.24. The Hall–Kier alpha value is -4.34. The van der Waals surface area contributed by atoms with Gasteiger partial charge in [0, 0.05) is 24.5 Å². The lowest BCUT2D eigenvalue weighted by Gasteiger charge is -2.34. The van der Waals surface area contributed by atoms with Gasteiger partial charge in [0.1, 0.15) is 18.3 Å². The van der Waals surface area contributed by atoms with E-state index in [1.54, 1.807) is 24.3 Å². The first-order chi connectivity index (χ1) is 22.1. The van der Waals surface area contributed by atoms with E-state index in [2.05, 4.69) is 5.32 Å². The number of nitrogens with zero attached hydrogens (tertiary/aromatic N) is 2. The maximum absolute atomic E-state index is 14.5. The Morgan fingerprint density at radius 1 is 0.826 bits per heavy atom. The van der Waals surface area contributed by atoms with Gasteiger partial charge in [-0.2, -0.15) is 0 Å². The Labute approximate surface area is 277 Å². The van der Waals surface area contributed by atoms with Crippen LogP contribution in [0.4, 0.5) is 5.69 Å². The van der Waals surface area contributed by atoms with Crippen LogP contribution in [-0.4, -0.2) is 50.9 Å². The summed E-state index contributed by atoms with van der Waals surface area (Å²) in [5, 5.41) is 3.38. The quantitative estimate of drug-likeness (QED) is 0.160. The molecule has 0 heterocycles. The second kappa shape index (κ2) is 16.3. The molecule has 4 aromatic rings. The molecule has 8 nitrogen and oxygen atoms in total. The SMILES string of the molecule is CCOc1ccc(N(CC(=O)N(Cc2ccccc2)C(Cc2ccccc2)C(=O)NCC(C)C)S(=O)(=O)c2ccc(Cl)cc2)cc1. The number of hydrogen-bond acceptors (Lipinski definition) is 5. The highest BCUT2D eigenvalue weighted by atomic mass is 35.5. The van der Waals surface area contributed by atoms with Crippen molar-refractivity contribution < 1.29 is 22.7 Å². The lowest BCUT2D eigenvalue weighted by molar-refractivity contribution is -0.140. The second-order valence-electron chi connectivity index (χ2n) is 11.2. The van der Waals surface area contributed by atoms with Crippen LogP contribution in [-0.2, 0) is 32.6 Å². The number of rotatable bonds is 15. The van der Waals surface area contributed by atoms with Gasteiger partial charge in [-0.3, -0.25) is 13.9 Å². The van der Waals surface area contributed by atoms with Crippen LogP contribution in [0.5, 0.6) is 5.75 Å². The summed E-state index contributed by atoms with van der Waals surface area (Å²) in [5.74, 6) is -0.0814. The fourth-order valence-electron chi connectivity index (χ4n) is 4.89. The average molecular weight is 662 g/mol. The summed E-state index contributed by atoms with van der Waals surface area (Å²) >= 11 is 6.06. The first-order valence-corrected chi connectivity index (χ1v) is 17.1. The van der Waals surface area contributed by atoms with Gasteiger partial charge >= 0.3 is 0 Å². The van der Waals surface area contributed by atoms with Crippen molar-refractivity contribution in [3.8, 4) is 5.75 Å². The molecule has 0 saturated carbocycles. The highest BCUT2D eigenvalue weighted by Crippen LogP contribution is 2.28. The van der Waals surface area contributed by atoms with E-state index < -0.39 is 28.5 Å². The second-order valence-corrected chi connectivity index (χ2v) is 13.5. The molecule has 4 rings (SSSR count). The van der Waals surface area contributed by atoms with Crippen LogP contribution >= 0.6 is 11.6 Å². The van der Waals surface area contributed by atoms with Crippen molar-refractivity contribution in [3.63, 3.8) is 0 Å². The Balaban J connectivity index is 1.78. The van der Waals surface area contributed by atoms with E-state index in [-0.39, 0.29) is 35.4 Å². The molecule has 0 aliphatic rings. The zero-order valence-corrected chi connectivity index (χ0v) is 27.9. The highest BCUT2D eigenvalue weighted by molar-refractivity contribution is 7.92. The summed E-state index contributed by atoms with van der Waals surface area (Å²) in [6, 6.07) is 30.2. The molecular formula is C36H40ClN3O5S. The highest BCUT2D eigenvalue weighted by Gasteiger charge is 2.34. The van der Waals surface area contributed by atoms with Crippen LogP contribution in [0.2, 0.25) is 5.02 Å². The first kappa shape index (κ1) is 34.5. The maximum Gasteiger partial charge on any atom is 0.264 e. The number of benzene rings is 4. The summed E-state index contributed by atoms with van der Waals surface area (Å²) in [6.45, 7) is 6.28. The molecule has 0 aliphatic carbocycles. The van der Waals surface area contributed by atoms with Gasteiger partial charge in [-0.05, 0) is 72.5 Å². The van der Waals surface area contributed by atoms with E-state index in [4.69, 9.17) is 16.3 Å². The number of halogens is 1. The molecule has 1 atom stereocenters. The summed E-state index contributed by atoms with van der Waals surface area (Å²) in [7, 11) is -4.24. The van der Waals surface area contributed by atoms with Crippen LogP contribution in [0.15, 0.2) is 114 Å². The number of carbonyl (C=O) groups excluding carboxylic acids is 2. The molecule has 2 amide bonds. The van der Waals surface area contributed by atoms with E-state index in [9.17, 15) is 18.0 Å². The molecule has 242 valence electrons. The summed E-state index contributed by atoms with van der Waals surface area (Å²) in [4.78, 5) is 29.8. The Morgan fingerprint density at radius 2 is 1.41 bits per heavy atom. The smallest absolute Gasteiger partial charge is 0.264 e. The molecule has 0 bridgehead atoms. The van der Waals surface area contributed by atoms with E-state index in [1.807, 2.05) is 81.4 Å². The average Bonchev–Trinajstić information content (AvgIpc) is 3.05. The molecule has 0 fully saturated rings. The van der Waals surface area contributed by atoms with E-state index >= 15 is 0 Å². The summed E-state index contributed by atoms with van der Waals surface area (Å²) in [6.07, 6.45) is 0.246. The molecule has 4 aromatic carbocycles. The van der Waals surface area contributed by atoms with Gasteiger partial charge in [-0.15, -0.1) is 0 Å². The van der Waals surface area contributed by atoms with Gasteiger partial charge in [0.2, 0.25) is 11.8 Å². The van der Waals surface area contributed by atoms with Crippen molar-refractivity contribution in [1.29, 1.82) is 0 Å². The predicted molar refractivity (Wildman–Crippen MR) is 182 cm³/mol. The van der Waals surface area contributed by atoms with Crippen molar-refractivity contribution in [2.75, 3.05) is 24.0 Å². The fourth-order valence-corrected chi connectivity index (χ4v) is 6.43. The Kier molecular flexibility index (Phi) is 12.2. The standard InChI is InChI=1S/C36H40ClN3O5S/c1-4-45-32-19-17-31(18-20-32)40(46(43,44)33-21-15-30(37)16-22-33)26-35(41)39(25-29-13-9-6-10-14-29)34(36(42)38-24-27(2)3)23-28-11-7-5-8-12-28/h5-22,27,34H,4,23-26H2,1-3H3,(H,38,42). The Bertz CT molecular complexity index is 1670. The lowest BCUT2D eigenvalue weighted by Crippen LogP contribution is -2.53. The minimum absolute atomic E-state index is 0.0243. The van der Waals surface area contributed by atoms with E-state index in [1.165, 1.54) is 29.2 Å². The van der Waals surface area contributed by atoms with Gasteiger partial charge in [-0.1, -0.05) is 86.1 Å². The number of sulfonamides is 1. The van der Waals surface area contributed by atoms with Gasteiger partial charge in [-0.25, -0.2) is 8.42 Å². The van der Waals surface area contributed by atoms with Crippen LogP contribution in [0.3, 0.4) is 0 Å². The third-order valence-electron chi connectivity index (χ3n) is 7.27. The molecule has 10 heteroatoms. The number of amides is 2. The third-order valence-corrected chi connectivity index (χ3v) is 9.31. The summed E-state index contributed by atoms with van der Waals surface area (Å²) < 4.78 is 34.9. The number of carbonyl (C=O) groups is 2. The van der Waals surface area contributed by atoms with E-state index in [0.717, 1.165) is 15.4 Å². The first-order valence-electron chi connectivity index (χ1n) is 15.2. The molecule has 1 unspecified atom stereocenters. The molecule has 46 heavy (non-hydrogen) atoms.